The lowest BCUT2D eigenvalue weighted by Gasteiger charge is -2.12. The number of carbonyl (C=O) groups excluding carboxylic acids is 1. The van der Waals surface area contributed by atoms with E-state index in [0.29, 0.717) is 30.4 Å². The topological polar surface area (TPSA) is 67.2 Å². The molecule has 0 aromatic heterocycles. The number of nitrogens with one attached hydrogen (secondary N) is 2. The second kappa shape index (κ2) is 7.85. The third-order valence-corrected chi connectivity index (χ3v) is 3.04. The van der Waals surface area contributed by atoms with E-state index in [0.717, 1.165) is 16.8 Å². The molecule has 0 aliphatic rings. The van der Waals surface area contributed by atoms with Crippen molar-refractivity contribution in [2.45, 2.75) is 27.2 Å². The van der Waals surface area contributed by atoms with Gasteiger partial charge in [0.15, 0.2) is 0 Å². The number of anilines is 1. The van der Waals surface area contributed by atoms with Crippen molar-refractivity contribution in [3.8, 4) is 0 Å². The highest BCUT2D eigenvalue weighted by Gasteiger charge is 2.06. The van der Waals surface area contributed by atoms with Crippen LogP contribution in [0, 0.1) is 12.8 Å². The molecule has 0 heterocycles. The van der Waals surface area contributed by atoms with Crippen LogP contribution in [0.25, 0.3) is 0 Å². The number of amides is 1. The fourth-order valence-corrected chi connectivity index (χ4v) is 1.90. The van der Waals surface area contributed by atoms with E-state index in [4.69, 9.17) is 18.0 Å². The van der Waals surface area contributed by atoms with Crippen molar-refractivity contribution in [3.63, 3.8) is 0 Å². The number of hydrogen-bond donors (Lipinski definition) is 3. The number of aryl methyl sites for hydroxylation is 1. The molecule has 1 aromatic rings. The number of nitrogens with two attached hydrogens (primary N) is 1. The van der Waals surface area contributed by atoms with Gasteiger partial charge in [-0.3, -0.25) is 4.79 Å². The number of thiocarbonyl (C=S) groups is 1. The summed E-state index contributed by atoms with van der Waals surface area (Å²) in [5.41, 5.74) is 8.51. The molecule has 5 heteroatoms. The van der Waals surface area contributed by atoms with Crippen LogP contribution in [0.4, 0.5) is 5.69 Å². The Labute approximate surface area is 126 Å². The molecule has 20 heavy (non-hydrogen) atoms. The predicted molar refractivity (Wildman–Crippen MR) is 88.0 cm³/mol. The van der Waals surface area contributed by atoms with Gasteiger partial charge in [0.2, 0.25) is 5.91 Å². The largest absolute Gasteiger partial charge is 0.389 e. The molecule has 0 bridgehead atoms. The molecule has 0 unspecified atom stereocenters. The Morgan fingerprint density at radius 2 is 2.10 bits per heavy atom. The van der Waals surface area contributed by atoms with E-state index < -0.39 is 0 Å². The van der Waals surface area contributed by atoms with Gasteiger partial charge in [0, 0.05) is 30.8 Å². The Morgan fingerprint density at radius 3 is 2.70 bits per heavy atom. The lowest BCUT2D eigenvalue weighted by atomic mass is 10.1. The summed E-state index contributed by atoms with van der Waals surface area (Å²) in [7, 11) is 0. The lowest BCUT2D eigenvalue weighted by Crippen LogP contribution is -2.28. The van der Waals surface area contributed by atoms with Crippen LogP contribution >= 0.6 is 12.2 Å². The average Bonchev–Trinajstić information content (AvgIpc) is 2.37. The van der Waals surface area contributed by atoms with Gasteiger partial charge in [-0.1, -0.05) is 37.7 Å². The smallest absolute Gasteiger partial charge is 0.221 e. The second-order valence-corrected chi connectivity index (χ2v) is 5.73. The van der Waals surface area contributed by atoms with Gasteiger partial charge in [0.05, 0.1) is 0 Å². The molecule has 0 radical (unpaired) electrons. The molecule has 0 aliphatic carbocycles. The van der Waals surface area contributed by atoms with Gasteiger partial charge < -0.3 is 16.4 Å². The van der Waals surface area contributed by atoms with Crippen molar-refractivity contribution in [1.82, 2.24) is 5.32 Å². The maximum absolute atomic E-state index is 11.6. The standard InChI is InChI=1S/C15H23N3OS/c1-10(2)9-18-14(19)6-7-17-13-5-4-11(3)8-12(13)15(16)20/h4-5,8,10,17H,6-7,9H2,1-3H3,(H2,16,20)(H,18,19). The molecule has 0 spiro atoms. The summed E-state index contributed by atoms with van der Waals surface area (Å²) in [4.78, 5) is 12.0. The summed E-state index contributed by atoms with van der Waals surface area (Å²) in [5, 5.41) is 6.10. The van der Waals surface area contributed by atoms with Crippen LogP contribution in [-0.4, -0.2) is 24.0 Å². The summed E-state index contributed by atoms with van der Waals surface area (Å²) in [5.74, 6) is 0.514. The van der Waals surface area contributed by atoms with Gasteiger partial charge in [-0.25, -0.2) is 0 Å². The zero-order chi connectivity index (χ0) is 15.1. The van der Waals surface area contributed by atoms with Gasteiger partial charge in [-0.15, -0.1) is 0 Å². The highest BCUT2D eigenvalue weighted by molar-refractivity contribution is 7.80. The summed E-state index contributed by atoms with van der Waals surface area (Å²) >= 11 is 5.04. The van der Waals surface area contributed by atoms with Crippen LogP contribution in [0.2, 0.25) is 0 Å². The van der Waals surface area contributed by atoms with E-state index in [9.17, 15) is 4.79 Å². The quantitative estimate of drug-likeness (QED) is 0.674. The summed E-state index contributed by atoms with van der Waals surface area (Å²) in [6, 6.07) is 5.88. The molecule has 0 fully saturated rings. The maximum Gasteiger partial charge on any atom is 0.221 e. The first-order valence-electron chi connectivity index (χ1n) is 6.81. The third kappa shape index (κ3) is 5.57. The van der Waals surface area contributed by atoms with Crippen LogP contribution in [-0.2, 0) is 4.79 Å². The van der Waals surface area contributed by atoms with Crippen molar-refractivity contribution in [2.75, 3.05) is 18.4 Å². The van der Waals surface area contributed by atoms with Gasteiger partial charge in [0.1, 0.15) is 4.99 Å². The number of rotatable bonds is 7. The molecule has 0 saturated carbocycles. The minimum atomic E-state index is 0.0511. The summed E-state index contributed by atoms with van der Waals surface area (Å²) < 4.78 is 0. The van der Waals surface area contributed by atoms with Gasteiger partial charge in [0.25, 0.3) is 0 Å². The van der Waals surface area contributed by atoms with E-state index in [1.54, 1.807) is 0 Å². The van der Waals surface area contributed by atoms with Crippen molar-refractivity contribution >= 4 is 28.8 Å². The van der Waals surface area contributed by atoms with Crippen molar-refractivity contribution in [1.29, 1.82) is 0 Å². The molecule has 0 aliphatic heterocycles. The van der Waals surface area contributed by atoms with E-state index in [1.807, 2.05) is 25.1 Å². The molecule has 1 rings (SSSR count). The molecular formula is C15H23N3OS. The van der Waals surface area contributed by atoms with Gasteiger partial charge in [-0.05, 0) is 25.0 Å². The fourth-order valence-electron chi connectivity index (χ4n) is 1.73. The highest BCUT2D eigenvalue weighted by atomic mass is 32.1. The first-order valence-corrected chi connectivity index (χ1v) is 7.22. The third-order valence-electron chi connectivity index (χ3n) is 2.82. The Balaban J connectivity index is 2.50. The van der Waals surface area contributed by atoms with Crippen LogP contribution in [0.3, 0.4) is 0 Å². The molecule has 4 nitrogen and oxygen atoms in total. The second-order valence-electron chi connectivity index (χ2n) is 5.29. The zero-order valence-electron chi connectivity index (χ0n) is 12.3. The van der Waals surface area contributed by atoms with Crippen molar-refractivity contribution < 1.29 is 4.79 Å². The normalized spacial score (nSPS) is 10.4. The average molecular weight is 293 g/mol. The first kappa shape index (κ1) is 16.4. The fraction of sp³-hybridized carbons (Fsp3) is 0.467. The van der Waals surface area contributed by atoms with E-state index >= 15 is 0 Å². The SMILES string of the molecule is Cc1ccc(NCCC(=O)NCC(C)C)c(C(N)=S)c1. The molecule has 110 valence electrons. The van der Waals surface area contributed by atoms with Crippen molar-refractivity contribution in [2.24, 2.45) is 11.7 Å². The number of hydrogen-bond acceptors (Lipinski definition) is 3. The van der Waals surface area contributed by atoms with Crippen LogP contribution < -0.4 is 16.4 Å². The lowest BCUT2D eigenvalue weighted by molar-refractivity contribution is -0.120. The minimum absolute atomic E-state index is 0.0511. The highest BCUT2D eigenvalue weighted by Crippen LogP contribution is 2.17. The molecule has 0 saturated heterocycles. The molecular weight excluding hydrogens is 270 g/mol. The Morgan fingerprint density at radius 1 is 1.40 bits per heavy atom. The molecule has 4 N–H and O–H groups in total. The maximum atomic E-state index is 11.6. The Bertz CT molecular complexity index is 486. The molecule has 1 aromatic carbocycles. The minimum Gasteiger partial charge on any atom is -0.389 e. The molecule has 1 amide bonds. The van der Waals surface area contributed by atoms with Gasteiger partial charge >= 0.3 is 0 Å². The Kier molecular flexibility index (Phi) is 6.45. The Hall–Kier alpha value is -1.62. The monoisotopic (exact) mass is 293 g/mol. The van der Waals surface area contributed by atoms with E-state index in [-0.39, 0.29) is 5.91 Å². The van der Waals surface area contributed by atoms with Crippen LogP contribution in [0.5, 0.6) is 0 Å². The van der Waals surface area contributed by atoms with E-state index in [1.165, 1.54) is 0 Å². The van der Waals surface area contributed by atoms with Crippen molar-refractivity contribution in [3.05, 3.63) is 29.3 Å². The van der Waals surface area contributed by atoms with Crippen LogP contribution in [0.1, 0.15) is 31.4 Å². The molecule has 0 atom stereocenters. The predicted octanol–water partition coefficient (Wildman–Crippen LogP) is 2.20. The van der Waals surface area contributed by atoms with Crippen LogP contribution in [0.15, 0.2) is 18.2 Å². The first-order chi connectivity index (χ1) is 9.40. The zero-order valence-corrected chi connectivity index (χ0v) is 13.1. The van der Waals surface area contributed by atoms with Gasteiger partial charge in [-0.2, -0.15) is 0 Å². The summed E-state index contributed by atoms with van der Waals surface area (Å²) in [6.45, 7) is 7.40. The van der Waals surface area contributed by atoms with E-state index in [2.05, 4.69) is 24.5 Å². The summed E-state index contributed by atoms with van der Waals surface area (Å²) in [6.07, 6.45) is 0.428. The number of benzene rings is 1. The number of carbonyl (C=O) groups is 1.